The molecule has 0 bridgehead atoms. The first-order valence-corrected chi connectivity index (χ1v) is 7.02. The maximum atomic E-state index is 14.0. The average molecular weight is 286 g/mol. The zero-order valence-electron chi connectivity index (χ0n) is 12.0. The summed E-state index contributed by atoms with van der Waals surface area (Å²) in [7, 11) is 0.171. The molecule has 0 amide bonds. The summed E-state index contributed by atoms with van der Waals surface area (Å²) in [5, 5.41) is 8.88. The Morgan fingerprint density at radius 3 is 2.16 bits per heavy atom. The highest BCUT2D eigenvalue weighted by atomic mass is 28.2. The summed E-state index contributed by atoms with van der Waals surface area (Å²) in [6.45, 7) is 8.96. The summed E-state index contributed by atoms with van der Waals surface area (Å²) in [4.78, 5) is 0. The van der Waals surface area contributed by atoms with Gasteiger partial charge in [-0.2, -0.15) is 0 Å². The van der Waals surface area contributed by atoms with Crippen LogP contribution in [0.3, 0.4) is 0 Å². The lowest BCUT2D eigenvalue weighted by Gasteiger charge is -2.30. The van der Waals surface area contributed by atoms with E-state index in [1.807, 2.05) is 20.8 Å². The molecule has 0 aromatic heterocycles. The molecule has 0 fully saturated rings. The quantitative estimate of drug-likeness (QED) is 0.858. The molecule has 0 saturated heterocycles. The highest BCUT2D eigenvalue weighted by Crippen LogP contribution is 2.32. The predicted octanol–water partition coefficient (Wildman–Crippen LogP) is 3.55. The predicted molar refractivity (Wildman–Crippen MR) is 71.9 cm³/mol. The van der Waals surface area contributed by atoms with E-state index < -0.39 is 23.8 Å². The van der Waals surface area contributed by atoms with Gasteiger partial charge in [-0.25, -0.2) is 8.78 Å². The summed E-state index contributed by atoms with van der Waals surface area (Å²) >= 11 is 0. The molecular formula is C14H20F2O2Si. The second-order valence-corrected chi connectivity index (χ2v) is 7.93. The summed E-state index contributed by atoms with van der Waals surface area (Å²) in [6.07, 6.45) is 0. The van der Waals surface area contributed by atoms with Crippen molar-refractivity contribution < 1.29 is 18.3 Å². The van der Waals surface area contributed by atoms with E-state index in [4.69, 9.17) is 9.53 Å². The zero-order valence-corrected chi connectivity index (χ0v) is 13.0. The van der Waals surface area contributed by atoms with Gasteiger partial charge in [0.15, 0.2) is 11.6 Å². The molecule has 1 aromatic rings. The maximum Gasteiger partial charge on any atom is 0.236 e. The fraction of sp³-hybridized carbons (Fsp3) is 0.571. The largest absolute Gasteiger partial charge is 0.408 e. The van der Waals surface area contributed by atoms with Crippen molar-refractivity contribution in [3.05, 3.63) is 34.9 Å². The van der Waals surface area contributed by atoms with Crippen LogP contribution in [-0.2, 0) is 16.6 Å². The minimum absolute atomic E-state index is 0.0304. The second kappa shape index (κ2) is 5.69. The van der Waals surface area contributed by atoms with E-state index in [0.29, 0.717) is 0 Å². The summed E-state index contributed by atoms with van der Waals surface area (Å²) in [6, 6.07) is 2.86. The third kappa shape index (κ3) is 4.09. The molecule has 1 N–H and O–H groups in total. The SMILES string of the molecule is CC(C)(C)[Si]OC(C)(C)c1ccc(CO)c(F)c1F. The van der Waals surface area contributed by atoms with Crippen LogP contribution < -0.4 is 0 Å². The Morgan fingerprint density at radius 1 is 1.11 bits per heavy atom. The van der Waals surface area contributed by atoms with Crippen LogP contribution in [0.25, 0.3) is 0 Å². The van der Waals surface area contributed by atoms with Gasteiger partial charge in [-0.15, -0.1) is 0 Å². The number of aliphatic hydroxyl groups is 1. The fourth-order valence-corrected chi connectivity index (χ4v) is 2.18. The van der Waals surface area contributed by atoms with Gasteiger partial charge in [0.2, 0.25) is 9.76 Å². The maximum absolute atomic E-state index is 14.0. The van der Waals surface area contributed by atoms with Crippen molar-refractivity contribution in [1.82, 2.24) is 0 Å². The van der Waals surface area contributed by atoms with E-state index in [-0.39, 0.29) is 25.9 Å². The van der Waals surface area contributed by atoms with E-state index >= 15 is 0 Å². The van der Waals surface area contributed by atoms with Crippen LogP contribution >= 0.6 is 0 Å². The smallest absolute Gasteiger partial charge is 0.236 e. The molecule has 2 radical (unpaired) electrons. The Balaban J connectivity index is 3.05. The molecule has 0 atom stereocenters. The van der Waals surface area contributed by atoms with Gasteiger partial charge in [-0.05, 0) is 18.9 Å². The van der Waals surface area contributed by atoms with Gasteiger partial charge >= 0.3 is 0 Å². The Labute approximate surface area is 115 Å². The third-order valence-corrected chi connectivity index (χ3v) is 3.82. The molecule has 5 heteroatoms. The number of hydrogen-bond acceptors (Lipinski definition) is 2. The highest BCUT2D eigenvalue weighted by Gasteiger charge is 2.29. The lowest BCUT2D eigenvalue weighted by molar-refractivity contribution is 0.104. The molecule has 2 nitrogen and oxygen atoms in total. The molecule has 0 aliphatic carbocycles. The van der Waals surface area contributed by atoms with E-state index in [1.54, 1.807) is 13.8 Å². The standard InChI is InChI=1S/C14H20F2O2Si/c1-13(2,3)19-18-14(4,5)10-7-6-9(8-17)11(15)12(10)16/h6-7,17H,8H2,1-5H3. The van der Waals surface area contributed by atoms with Crippen molar-refractivity contribution in [1.29, 1.82) is 0 Å². The van der Waals surface area contributed by atoms with Crippen molar-refractivity contribution in [2.75, 3.05) is 0 Å². The molecule has 0 heterocycles. The Kier molecular flexibility index (Phi) is 4.87. The third-order valence-electron chi connectivity index (χ3n) is 2.59. The van der Waals surface area contributed by atoms with Crippen LogP contribution in [0.5, 0.6) is 0 Å². The normalized spacial score (nSPS) is 12.8. The second-order valence-electron chi connectivity index (χ2n) is 6.02. The summed E-state index contributed by atoms with van der Waals surface area (Å²) < 4.78 is 33.4. The molecular weight excluding hydrogens is 266 g/mol. The molecule has 0 spiro atoms. The van der Waals surface area contributed by atoms with Gasteiger partial charge in [-0.3, -0.25) is 0 Å². The average Bonchev–Trinajstić information content (AvgIpc) is 2.29. The Bertz CT molecular complexity index is 453. The molecule has 106 valence electrons. The van der Waals surface area contributed by atoms with E-state index in [1.165, 1.54) is 12.1 Å². The molecule has 1 aromatic carbocycles. The first-order valence-electron chi connectivity index (χ1n) is 6.12. The molecule has 0 unspecified atom stereocenters. The summed E-state index contributed by atoms with van der Waals surface area (Å²) in [5.41, 5.74) is -0.792. The minimum atomic E-state index is -1.00. The van der Waals surface area contributed by atoms with E-state index in [2.05, 4.69) is 0 Å². The number of aliphatic hydroxyl groups excluding tert-OH is 1. The molecule has 0 aliphatic rings. The first kappa shape index (κ1) is 16.3. The van der Waals surface area contributed by atoms with Crippen molar-refractivity contribution in [2.45, 2.75) is 51.9 Å². The van der Waals surface area contributed by atoms with Crippen LogP contribution in [0.15, 0.2) is 12.1 Å². The van der Waals surface area contributed by atoms with Crippen molar-refractivity contribution >= 4 is 9.76 Å². The lowest BCUT2D eigenvalue weighted by Crippen LogP contribution is -2.29. The number of benzene rings is 1. The zero-order chi connectivity index (χ0) is 14.8. The van der Waals surface area contributed by atoms with Crippen LogP contribution in [-0.4, -0.2) is 14.9 Å². The molecule has 19 heavy (non-hydrogen) atoms. The van der Waals surface area contributed by atoms with Gasteiger partial charge in [0.25, 0.3) is 0 Å². The molecule has 1 rings (SSSR count). The van der Waals surface area contributed by atoms with Gasteiger partial charge < -0.3 is 9.53 Å². The lowest BCUT2D eigenvalue weighted by atomic mass is 9.96. The monoisotopic (exact) mass is 286 g/mol. The van der Waals surface area contributed by atoms with Crippen LogP contribution in [0.1, 0.15) is 45.7 Å². The van der Waals surface area contributed by atoms with Crippen LogP contribution in [0.4, 0.5) is 8.78 Å². The van der Waals surface area contributed by atoms with Crippen molar-refractivity contribution in [2.24, 2.45) is 0 Å². The van der Waals surface area contributed by atoms with E-state index in [9.17, 15) is 8.78 Å². The number of hydrogen-bond donors (Lipinski definition) is 1. The minimum Gasteiger partial charge on any atom is -0.408 e. The Hall–Kier alpha value is -0.783. The van der Waals surface area contributed by atoms with Gasteiger partial charge in [-0.1, -0.05) is 32.9 Å². The Morgan fingerprint density at radius 2 is 1.68 bits per heavy atom. The molecule has 0 aliphatic heterocycles. The van der Waals surface area contributed by atoms with Crippen molar-refractivity contribution in [3.63, 3.8) is 0 Å². The van der Waals surface area contributed by atoms with Crippen LogP contribution in [0, 0.1) is 11.6 Å². The van der Waals surface area contributed by atoms with Gasteiger partial charge in [0, 0.05) is 11.1 Å². The van der Waals surface area contributed by atoms with Gasteiger partial charge in [0.05, 0.1) is 12.2 Å². The van der Waals surface area contributed by atoms with Gasteiger partial charge in [0.1, 0.15) is 0 Å². The fourth-order valence-electron chi connectivity index (χ4n) is 1.51. The van der Waals surface area contributed by atoms with E-state index in [0.717, 1.165) is 0 Å². The summed E-state index contributed by atoms with van der Waals surface area (Å²) in [5.74, 6) is -1.95. The first-order chi connectivity index (χ1) is 8.58. The number of rotatable bonds is 4. The molecule has 0 saturated carbocycles. The van der Waals surface area contributed by atoms with Crippen LogP contribution in [0.2, 0.25) is 5.04 Å². The highest BCUT2D eigenvalue weighted by molar-refractivity contribution is 6.31. The number of halogens is 2. The topological polar surface area (TPSA) is 29.5 Å². The van der Waals surface area contributed by atoms with Crippen molar-refractivity contribution in [3.8, 4) is 0 Å².